The number of carbonyl (C=O) groups excluding carboxylic acids is 3. The van der Waals surface area contributed by atoms with Crippen LogP contribution in [0.4, 0.5) is 0 Å². The first-order valence-corrected chi connectivity index (χ1v) is 14.1. The normalized spacial score (nSPS) is 22.3. The molecule has 210 valence electrons. The van der Waals surface area contributed by atoms with Gasteiger partial charge in [-0.1, -0.05) is 31.9 Å². The minimum atomic E-state index is -1.23. The third-order valence-corrected chi connectivity index (χ3v) is 9.23. The molecule has 1 heterocycles. The molecule has 1 saturated carbocycles. The Morgan fingerprint density at radius 1 is 1.24 bits per heavy atom. The Labute approximate surface area is 226 Å². The molecule has 38 heavy (non-hydrogen) atoms. The molecule has 0 spiro atoms. The molecule has 6 N–H and O–H groups in total. The monoisotopic (exact) mass is 551 g/mol. The van der Waals surface area contributed by atoms with Crippen LogP contribution in [0.2, 0.25) is 0 Å². The van der Waals surface area contributed by atoms with E-state index in [1.165, 1.54) is 11.8 Å². The fraction of sp³-hybridized carbons (Fsp3) is 0.654. The summed E-state index contributed by atoms with van der Waals surface area (Å²) in [6.07, 6.45) is 9.95. The summed E-state index contributed by atoms with van der Waals surface area (Å²) in [5.74, 6) is -3.57. The number of carboxylic acids is 2. The van der Waals surface area contributed by atoms with E-state index < -0.39 is 42.4 Å². The maximum absolute atomic E-state index is 12.9. The molecule has 0 bridgehead atoms. The van der Waals surface area contributed by atoms with Gasteiger partial charge in [-0.15, -0.1) is 11.8 Å². The first-order chi connectivity index (χ1) is 18.1. The van der Waals surface area contributed by atoms with Crippen LogP contribution in [0.5, 0.6) is 0 Å². The zero-order valence-corrected chi connectivity index (χ0v) is 22.4. The van der Waals surface area contributed by atoms with E-state index in [1.54, 1.807) is 0 Å². The molecule has 2 amide bonds. The van der Waals surface area contributed by atoms with Gasteiger partial charge in [-0.05, 0) is 49.5 Å². The number of nitrogens with two attached hydrogens (primary N) is 1. The highest BCUT2D eigenvalue weighted by atomic mass is 32.2. The van der Waals surface area contributed by atoms with Crippen LogP contribution in [0.25, 0.3) is 0 Å². The molecule has 3 rings (SSSR count). The number of ether oxygens (including phenoxy) is 1. The van der Waals surface area contributed by atoms with Crippen molar-refractivity contribution in [3.63, 3.8) is 0 Å². The van der Waals surface area contributed by atoms with E-state index in [0.717, 1.165) is 50.5 Å². The van der Waals surface area contributed by atoms with Crippen molar-refractivity contribution in [3.05, 3.63) is 23.5 Å². The van der Waals surface area contributed by atoms with E-state index in [1.807, 2.05) is 12.2 Å². The Bertz CT molecular complexity index is 1000. The fourth-order valence-corrected chi connectivity index (χ4v) is 7.17. The lowest BCUT2D eigenvalue weighted by atomic mass is 9.77. The van der Waals surface area contributed by atoms with Gasteiger partial charge in [0, 0.05) is 12.2 Å². The number of hydrogen-bond acceptors (Lipinski definition) is 8. The van der Waals surface area contributed by atoms with E-state index >= 15 is 0 Å². The van der Waals surface area contributed by atoms with Gasteiger partial charge >= 0.3 is 17.9 Å². The average molecular weight is 552 g/mol. The highest BCUT2D eigenvalue weighted by Gasteiger charge is 2.48. The topological polar surface area (TPSA) is 185 Å². The quantitative estimate of drug-likeness (QED) is 0.157. The first kappa shape index (κ1) is 29.7. The second-order valence-corrected chi connectivity index (χ2v) is 11.2. The standard InChI is InChI=1S/C26H37N3O8S/c1-2-26(11-5-6-12-26)22(21-15-7-3-4-8-16(15)25(36)37-21)38-14-18(23(33)28-13-20(31)32)29-19(30)10-9-17(27)24(34)35/h4,8,16-18,22H,2-3,5-7,9-14,27H2,1H3,(H,28,33)(H,29,30)(H,31,32)(H,34,35)/t16-,17+,18+,22+/m1/s1. The van der Waals surface area contributed by atoms with Crippen LogP contribution in [-0.2, 0) is 28.7 Å². The van der Waals surface area contributed by atoms with Crippen molar-refractivity contribution in [2.45, 2.75) is 82.0 Å². The van der Waals surface area contributed by atoms with Crippen molar-refractivity contribution >= 4 is 41.5 Å². The minimum Gasteiger partial charge on any atom is -0.480 e. The smallest absolute Gasteiger partial charge is 0.322 e. The lowest BCUT2D eigenvalue weighted by Crippen LogP contribution is -2.50. The number of hydrogen-bond donors (Lipinski definition) is 5. The Kier molecular flexibility index (Phi) is 10.4. The summed E-state index contributed by atoms with van der Waals surface area (Å²) in [5.41, 5.74) is 6.33. The number of aliphatic carboxylic acids is 2. The molecule has 0 aromatic heterocycles. The fourth-order valence-electron chi connectivity index (χ4n) is 5.45. The van der Waals surface area contributed by atoms with Crippen molar-refractivity contribution in [2.24, 2.45) is 17.1 Å². The van der Waals surface area contributed by atoms with Crippen molar-refractivity contribution in [1.29, 1.82) is 0 Å². The highest BCUT2D eigenvalue weighted by molar-refractivity contribution is 8.00. The predicted octanol–water partition coefficient (Wildman–Crippen LogP) is 1.71. The van der Waals surface area contributed by atoms with E-state index in [-0.39, 0.29) is 41.1 Å². The first-order valence-electron chi connectivity index (χ1n) is 13.1. The van der Waals surface area contributed by atoms with Crippen LogP contribution in [0.3, 0.4) is 0 Å². The Hall–Kier alpha value is -2.86. The van der Waals surface area contributed by atoms with Crippen molar-refractivity contribution in [2.75, 3.05) is 12.3 Å². The molecule has 0 radical (unpaired) electrons. The molecular formula is C26H37N3O8S. The van der Waals surface area contributed by atoms with Gasteiger partial charge in [0.25, 0.3) is 0 Å². The van der Waals surface area contributed by atoms with E-state index in [4.69, 9.17) is 20.7 Å². The number of carboxylic acid groups (broad SMARTS) is 2. The van der Waals surface area contributed by atoms with Gasteiger partial charge in [0.15, 0.2) is 0 Å². The number of rotatable bonds is 14. The minimum absolute atomic E-state index is 0.111. The summed E-state index contributed by atoms with van der Waals surface area (Å²) in [6.45, 7) is 1.51. The average Bonchev–Trinajstić information content (AvgIpc) is 3.51. The zero-order valence-electron chi connectivity index (χ0n) is 21.6. The van der Waals surface area contributed by atoms with Gasteiger partial charge in [-0.3, -0.25) is 24.0 Å². The molecule has 0 unspecified atom stereocenters. The van der Waals surface area contributed by atoms with Crippen LogP contribution >= 0.6 is 11.8 Å². The van der Waals surface area contributed by atoms with Crippen molar-refractivity contribution < 1.29 is 38.9 Å². The molecular weight excluding hydrogens is 514 g/mol. The molecule has 0 aromatic rings. The summed E-state index contributed by atoms with van der Waals surface area (Å²) in [7, 11) is 0. The van der Waals surface area contributed by atoms with Gasteiger partial charge < -0.3 is 31.3 Å². The summed E-state index contributed by atoms with van der Waals surface area (Å²) in [4.78, 5) is 60.1. The molecule has 3 aliphatic rings. The zero-order chi connectivity index (χ0) is 27.9. The number of carbonyl (C=O) groups is 5. The maximum atomic E-state index is 12.9. The lowest BCUT2D eigenvalue weighted by Gasteiger charge is -2.37. The number of amides is 2. The van der Waals surface area contributed by atoms with Gasteiger partial charge in [0.1, 0.15) is 24.4 Å². The van der Waals surface area contributed by atoms with Crippen molar-refractivity contribution in [3.8, 4) is 0 Å². The third kappa shape index (κ3) is 7.16. The molecule has 11 nitrogen and oxygen atoms in total. The number of nitrogens with one attached hydrogen (secondary N) is 2. The largest absolute Gasteiger partial charge is 0.480 e. The molecule has 1 fully saturated rings. The van der Waals surface area contributed by atoms with E-state index in [9.17, 15) is 24.0 Å². The summed E-state index contributed by atoms with van der Waals surface area (Å²) >= 11 is 1.44. The van der Waals surface area contributed by atoms with Crippen LogP contribution < -0.4 is 16.4 Å². The molecule has 0 saturated heterocycles. The Balaban J connectivity index is 1.82. The number of thioether (sulfide) groups is 1. The summed E-state index contributed by atoms with van der Waals surface area (Å²) < 4.78 is 5.88. The second kappa shape index (κ2) is 13.3. The van der Waals surface area contributed by atoms with Crippen molar-refractivity contribution in [1.82, 2.24) is 10.6 Å². The summed E-state index contributed by atoms with van der Waals surface area (Å²) in [5, 5.41) is 22.7. The van der Waals surface area contributed by atoms with Crippen LogP contribution in [-0.4, -0.2) is 69.6 Å². The molecule has 12 heteroatoms. The number of cyclic esters (lactones) is 1. The Morgan fingerprint density at radius 3 is 2.58 bits per heavy atom. The van der Waals surface area contributed by atoms with Gasteiger partial charge in [0.2, 0.25) is 11.8 Å². The molecule has 4 atom stereocenters. The Morgan fingerprint density at radius 2 is 1.95 bits per heavy atom. The predicted molar refractivity (Wildman–Crippen MR) is 140 cm³/mol. The number of fused-ring (bicyclic) bond motifs is 1. The van der Waals surface area contributed by atoms with E-state index in [0.29, 0.717) is 5.76 Å². The van der Waals surface area contributed by atoms with Crippen LogP contribution in [0, 0.1) is 11.3 Å². The highest BCUT2D eigenvalue weighted by Crippen LogP contribution is 2.53. The number of esters is 1. The second-order valence-electron chi connectivity index (χ2n) is 10.1. The van der Waals surface area contributed by atoms with E-state index in [2.05, 4.69) is 17.6 Å². The van der Waals surface area contributed by atoms with Gasteiger partial charge in [0.05, 0.1) is 11.2 Å². The van der Waals surface area contributed by atoms with Gasteiger partial charge in [-0.25, -0.2) is 0 Å². The van der Waals surface area contributed by atoms with Crippen LogP contribution in [0.1, 0.15) is 64.7 Å². The third-order valence-electron chi connectivity index (χ3n) is 7.66. The maximum Gasteiger partial charge on any atom is 0.322 e. The number of allylic oxidation sites excluding steroid dienone is 1. The molecule has 0 aromatic carbocycles. The lowest BCUT2D eigenvalue weighted by molar-refractivity contribution is -0.140. The molecule has 2 aliphatic carbocycles. The molecule has 1 aliphatic heterocycles. The van der Waals surface area contributed by atoms with Gasteiger partial charge in [-0.2, -0.15) is 0 Å². The SMILES string of the molecule is CCC1([C@@H](SC[C@H](NC(=O)CC[C@H](N)C(=O)O)C(=O)NCC(=O)O)C2=C3CCC=C[C@H]3C(=O)O2)CCCC1. The summed E-state index contributed by atoms with van der Waals surface area (Å²) in [6, 6.07) is -2.29. The van der Waals surface area contributed by atoms with Crippen LogP contribution in [0.15, 0.2) is 23.5 Å².